The Morgan fingerprint density at radius 1 is 1.55 bits per heavy atom. The van der Waals surface area contributed by atoms with Crippen molar-refractivity contribution in [3.05, 3.63) is 18.0 Å². The zero-order valence-electron chi connectivity index (χ0n) is 12.5. The molecular weight excluding hydrogens is 252 g/mol. The summed E-state index contributed by atoms with van der Waals surface area (Å²) in [7, 11) is 0. The molecule has 0 aliphatic carbocycles. The van der Waals surface area contributed by atoms with Crippen LogP contribution in [0.25, 0.3) is 0 Å². The molecule has 112 valence electrons. The fourth-order valence-corrected chi connectivity index (χ4v) is 3.58. The SMILES string of the molecule is CCC(C)n1ccc(CC(NN)C2CC3CCC2O3)n1. The number of ether oxygens (including phenoxy) is 1. The van der Waals surface area contributed by atoms with Crippen LogP contribution in [0.3, 0.4) is 0 Å². The Balaban J connectivity index is 1.64. The molecule has 0 amide bonds. The lowest BCUT2D eigenvalue weighted by Crippen LogP contribution is -2.45. The Kier molecular flexibility index (Phi) is 4.10. The minimum Gasteiger partial charge on any atom is -0.375 e. The van der Waals surface area contributed by atoms with Gasteiger partial charge in [0.15, 0.2) is 0 Å². The Morgan fingerprint density at radius 3 is 3.00 bits per heavy atom. The van der Waals surface area contributed by atoms with Crippen molar-refractivity contribution in [2.24, 2.45) is 11.8 Å². The first-order valence-electron chi connectivity index (χ1n) is 7.86. The summed E-state index contributed by atoms with van der Waals surface area (Å²) in [6, 6.07) is 2.84. The van der Waals surface area contributed by atoms with E-state index in [-0.39, 0.29) is 6.04 Å². The van der Waals surface area contributed by atoms with Crippen LogP contribution in [0.5, 0.6) is 0 Å². The first-order valence-corrected chi connectivity index (χ1v) is 7.86. The Labute approximate surface area is 120 Å². The topological polar surface area (TPSA) is 65.1 Å². The van der Waals surface area contributed by atoms with Crippen molar-refractivity contribution >= 4 is 0 Å². The van der Waals surface area contributed by atoms with Gasteiger partial charge in [-0.15, -0.1) is 0 Å². The third kappa shape index (κ3) is 2.62. The van der Waals surface area contributed by atoms with Gasteiger partial charge in [0.2, 0.25) is 0 Å². The van der Waals surface area contributed by atoms with Crippen LogP contribution in [0.4, 0.5) is 0 Å². The number of hydrogen-bond donors (Lipinski definition) is 2. The van der Waals surface area contributed by atoms with Gasteiger partial charge in [0, 0.05) is 30.6 Å². The summed E-state index contributed by atoms with van der Waals surface area (Å²) in [5.41, 5.74) is 4.12. The predicted octanol–water partition coefficient (Wildman–Crippen LogP) is 1.80. The van der Waals surface area contributed by atoms with Gasteiger partial charge >= 0.3 is 0 Å². The van der Waals surface area contributed by atoms with E-state index in [2.05, 4.69) is 41.3 Å². The van der Waals surface area contributed by atoms with E-state index < -0.39 is 0 Å². The van der Waals surface area contributed by atoms with Gasteiger partial charge in [0.05, 0.1) is 17.9 Å². The highest BCUT2D eigenvalue weighted by atomic mass is 16.5. The molecule has 3 rings (SSSR count). The zero-order valence-corrected chi connectivity index (χ0v) is 12.5. The number of nitrogens with one attached hydrogen (secondary N) is 1. The molecule has 3 N–H and O–H groups in total. The lowest BCUT2D eigenvalue weighted by molar-refractivity contribution is 0.0856. The fourth-order valence-electron chi connectivity index (χ4n) is 3.58. The lowest BCUT2D eigenvalue weighted by Gasteiger charge is -2.27. The second kappa shape index (κ2) is 5.84. The summed E-state index contributed by atoms with van der Waals surface area (Å²) in [6.07, 6.45) is 8.49. The van der Waals surface area contributed by atoms with Gasteiger partial charge in [-0.1, -0.05) is 6.92 Å². The van der Waals surface area contributed by atoms with E-state index in [9.17, 15) is 0 Å². The minimum atomic E-state index is 0.269. The standard InChI is InChI=1S/C15H26N4O/c1-3-10(2)19-7-6-11(18-19)8-14(17-16)13-9-12-4-5-15(13)20-12/h6-7,10,12-15,17H,3-5,8-9,16H2,1-2H3. The van der Waals surface area contributed by atoms with Crippen molar-refractivity contribution in [1.29, 1.82) is 0 Å². The number of hydrogen-bond acceptors (Lipinski definition) is 4. The molecule has 2 fully saturated rings. The van der Waals surface area contributed by atoms with Crippen LogP contribution in [-0.4, -0.2) is 28.0 Å². The summed E-state index contributed by atoms with van der Waals surface area (Å²) in [4.78, 5) is 0. The smallest absolute Gasteiger partial charge is 0.0640 e. The van der Waals surface area contributed by atoms with E-state index in [4.69, 9.17) is 10.6 Å². The average molecular weight is 278 g/mol. The molecule has 2 aliphatic heterocycles. The number of hydrazine groups is 1. The monoisotopic (exact) mass is 278 g/mol. The maximum absolute atomic E-state index is 5.95. The molecule has 5 nitrogen and oxygen atoms in total. The molecule has 0 radical (unpaired) electrons. The van der Waals surface area contributed by atoms with Crippen molar-refractivity contribution in [3.8, 4) is 0 Å². The molecule has 3 heterocycles. The number of fused-ring (bicyclic) bond motifs is 2. The number of rotatable bonds is 6. The van der Waals surface area contributed by atoms with Gasteiger partial charge in [-0.2, -0.15) is 5.10 Å². The van der Waals surface area contributed by atoms with E-state index in [0.29, 0.717) is 24.2 Å². The molecule has 2 saturated heterocycles. The quantitative estimate of drug-likeness (QED) is 0.615. The number of aromatic nitrogens is 2. The summed E-state index contributed by atoms with van der Waals surface area (Å²) < 4.78 is 8.00. The Bertz CT molecular complexity index is 447. The number of nitrogens with zero attached hydrogens (tertiary/aromatic N) is 2. The van der Waals surface area contributed by atoms with Crippen molar-refractivity contribution in [2.75, 3.05) is 0 Å². The third-order valence-electron chi connectivity index (χ3n) is 5.02. The largest absolute Gasteiger partial charge is 0.375 e. The van der Waals surface area contributed by atoms with Crippen LogP contribution in [0.2, 0.25) is 0 Å². The summed E-state index contributed by atoms with van der Waals surface area (Å²) in [5, 5.41) is 4.68. The molecule has 2 bridgehead atoms. The predicted molar refractivity (Wildman–Crippen MR) is 78.0 cm³/mol. The molecule has 5 unspecified atom stereocenters. The van der Waals surface area contributed by atoms with Crippen LogP contribution in [0.15, 0.2) is 12.3 Å². The zero-order chi connectivity index (χ0) is 14.1. The highest BCUT2D eigenvalue weighted by molar-refractivity contribution is 5.05. The maximum Gasteiger partial charge on any atom is 0.0640 e. The second-order valence-electron chi connectivity index (χ2n) is 6.30. The summed E-state index contributed by atoms with van der Waals surface area (Å²) in [5.74, 6) is 6.32. The van der Waals surface area contributed by atoms with Gasteiger partial charge in [0.1, 0.15) is 0 Å². The van der Waals surface area contributed by atoms with Crippen LogP contribution < -0.4 is 11.3 Å². The molecule has 0 saturated carbocycles. The summed E-state index contributed by atoms with van der Waals surface area (Å²) in [6.45, 7) is 4.38. The van der Waals surface area contributed by atoms with Gasteiger partial charge in [-0.05, 0) is 38.7 Å². The van der Waals surface area contributed by atoms with Crippen molar-refractivity contribution in [1.82, 2.24) is 15.2 Å². The van der Waals surface area contributed by atoms with Gasteiger partial charge < -0.3 is 4.74 Å². The summed E-state index contributed by atoms with van der Waals surface area (Å²) >= 11 is 0. The molecule has 2 aliphatic rings. The highest BCUT2D eigenvalue weighted by Gasteiger charge is 2.44. The van der Waals surface area contributed by atoms with Gasteiger partial charge in [0.25, 0.3) is 0 Å². The molecule has 5 heteroatoms. The van der Waals surface area contributed by atoms with E-state index >= 15 is 0 Å². The lowest BCUT2D eigenvalue weighted by atomic mass is 9.82. The van der Waals surface area contributed by atoms with E-state index in [1.807, 2.05) is 0 Å². The van der Waals surface area contributed by atoms with E-state index in [0.717, 1.165) is 25.0 Å². The fraction of sp³-hybridized carbons (Fsp3) is 0.800. The molecular formula is C15H26N4O. The molecule has 0 spiro atoms. The Hall–Kier alpha value is -0.910. The second-order valence-corrected chi connectivity index (χ2v) is 6.30. The first kappa shape index (κ1) is 14.0. The highest BCUT2D eigenvalue weighted by Crippen LogP contribution is 2.40. The van der Waals surface area contributed by atoms with Gasteiger partial charge in [-0.25, -0.2) is 0 Å². The maximum atomic E-state index is 5.95. The molecule has 5 atom stereocenters. The minimum absolute atomic E-state index is 0.269. The van der Waals surface area contributed by atoms with Crippen LogP contribution in [-0.2, 0) is 11.2 Å². The first-order chi connectivity index (χ1) is 9.71. The van der Waals surface area contributed by atoms with Crippen molar-refractivity contribution in [3.63, 3.8) is 0 Å². The molecule has 0 aromatic carbocycles. The number of nitrogens with two attached hydrogens (primary N) is 1. The molecule has 1 aromatic heterocycles. The third-order valence-corrected chi connectivity index (χ3v) is 5.02. The van der Waals surface area contributed by atoms with Gasteiger partial charge in [-0.3, -0.25) is 16.0 Å². The van der Waals surface area contributed by atoms with Crippen LogP contribution in [0.1, 0.15) is 51.3 Å². The van der Waals surface area contributed by atoms with E-state index in [1.165, 1.54) is 12.8 Å². The normalized spacial score (nSPS) is 31.6. The average Bonchev–Trinajstić information content (AvgIpc) is 3.19. The van der Waals surface area contributed by atoms with Crippen molar-refractivity contribution < 1.29 is 4.74 Å². The van der Waals surface area contributed by atoms with E-state index in [1.54, 1.807) is 0 Å². The van der Waals surface area contributed by atoms with Crippen molar-refractivity contribution in [2.45, 2.75) is 70.2 Å². The Morgan fingerprint density at radius 2 is 2.40 bits per heavy atom. The molecule has 20 heavy (non-hydrogen) atoms. The van der Waals surface area contributed by atoms with Crippen LogP contribution >= 0.6 is 0 Å². The molecule has 1 aromatic rings. The van der Waals surface area contributed by atoms with Crippen LogP contribution in [0, 0.1) is 5.92 Å².